The summed E-state index contributed by atoms with van der Waals surface area (Å²) >= 11 is 0. The van der Waals surface area contributed by atoms with Crippen LogP contribution in [0.2, 0.25) is 0 Å². The Bertz CT molecular complexity index is 1290. The summed E-state index contributed by atoms with van der Waals surface area (Å²) in [6.07, 6.45) is 1.44. The predicted molar refractivity (Wildman–Crippen MR) is 134 cm³/mol. The molecule has 36 heavy (non-hydrogen) atoms. The molecule has 0 spiro atoms. The van der Waals surface area contributed by atoms with Gasteiger partial charge in [0.2, 0.25) is 5.91 Å². The van der Waals surface area contributed by atoms with Crippen LogP contribution < -0.4 is 21.1 Å². The van der Waals surface area contributed by atoms with Crippen molar-refractivity contribution in [3.8, 4) is 5.75 Å². The molecule has 0 aliphatic rings. The minimum absolute atomic E-state index is 0.0475. The van der Waals surface area contributed by atoms with Gasteiger partial charge in [-0.15, -0.1) is 0 Å². The topological polar surface area (TPSA) is 137 Å². The van der Waals surface area contributed by atoms with Crippen molar-refractivity contribution in [2.45, 2.75) is 6.04 Å². The average molecular weight is 488 g/mol. The Morgan fingerprint density at radius 3 is 2.36 bits per heavy atom. The molecule has 0 aliphatic carbocycles. The second-order valence-corrected chi connectivity index (χ2v) is 7.55. The molecule has 0 radical (unpaired) electrons. The van der Waals surface area contributed by atoms with Crippen LogP contribution in [-0.4, -0.2) is 37.4 Å². The van der Waals surface area contributed by atoms with Crippen molar-refractivity contribution >= 4 is 29.4 Å². The summed E-state index contributed by atoms with van der Waals surface area (Å²) in [6.45, 7) is 3.53. The fraction of sp³-hybridized carbons (Fsp3) is 0.111. The van der Waals surface area contributed by atoms with Gasteiger partial charge in [0.25, 0.3) is 0 Å². The molecule has 0 aromatic heterocycles. The van der Waals surface area contributed by atoms with Gasteiger partial charge in [0, 0.05) is 16.8 Å². The van der Waals surface area contributed by atoms with Crippen molar-refractivity contribution in [1.82, 2.24) is 5.32 Å². The van der Waals surface area contributed by atoms with E-state index in [2.05, 4.69) is 17.2 Å². The fourth-order valence-electron chi connectivity index (χ4n) is 3.40. The van der Waals surface area contributed by atoms with Crippen LogP contribution in [-0.2, 0) is 9.53 Å². The van der Waals surface area contributed by atoms with Crippen LogP contribution in [0.25, 0.3) is 0 Å². The van der Waals surface area contributed by atoms with Crippen molar-refractivity contribution < 1.29 is 28.7 Å². The van der Waals surface area contributed by atoms with Crippen LogP contribution in [0, 0.1) is 0 Å². The molecule has 3 aromatic rings. The monoisotopic (exact) mass is 487 g/mol. The third-order valence-corrected chi connectivity index (χ3v) is 5.12. The van der Waals surface area contributed by atoms with Crippen LogP contribution in [0.4, 0.5) is 10.5 Å². The number of rotatable bonds is 10. The molecule has 3 amide bonds. The van der Waals surface area contributed by atoms with Gasteiger partial charge in [0.1, 0.15) is 18.4 Å². The Hall–Kier alpha value is -4.92. The zero-order valence-corrected chi connectivity index (χ0v) is 19.5. The highest BCUT2D eigenvalue weighted by atomic mass is 16.5. The third-order valence-electron chi connectivity index (χ3n) is 5.12. The molecule has 0 aliphatic heterocycles. The number of carbonyl (C=O) groups excluding carboxylic acids is 4. The molecule has 0 saturated carbocycles. The van der Waals surface area contributed by atoms with Gasteiger partial charge in [0.15, 0.2) is 5.78 Å². The first kappa shape index (κ1) is 25.7. The summed E-state index contributed by atoms with van der Waals surface area (Å²) < 4.78 is 10.1. The molecule has 0 saturated heterocycles. The molecule has 0 bridgehead atoms. The van der Waals surface area contributed by atoms with E-state index in [4.69, 9.17) is 15.2 Å². The number of carbonyl (C=O) groups is 4. The van der Waals surface area contributed by atoms with Gasteiger partial charge in [-0.25, -0.2) is 9.59 Å². The highest BCUT2D eigenvalue weighted by Gasteiger charge is 2.26. The molecule has 184 valence electrons. The summed E-state index contributed by atoms with van der Waals surface area (Å²) in [5, 5.41) is 5.06. The van der Waals surface area contributed by atoms with E-state index in [1.54, 1.807) is 60.7 Å². The molecule has 9 nitrogen and oxygen atoms in total. The maximum absolute atomic E-state index is 13.2. The zero-order chi connectivity index (χ0) is 26.1. The normalized spacial score (nSPS) is 11.0. The molecule has 1 unspecified atom stereocenters. The van der Waals surface area contributed by atoms with Crippen molar-refractivity contribution in [1.29, 1.82) is 0 Å². The van der Waals surface area contributed by atoms with Gasteiger partial charge < -0.3 is 25.8 Å². The van der Waals surface area contributed by atoms with Crippen LogP contribution in [0.5, 0.6) is 5.75 Å². The van der Waals surface area contributed by atoms with Crippen LogP contribution in [0.15, 0.2) is 85.5 Å². The fourth-order valence-corrected chi connectivity index (χ4v) is 3.40. The lowest BCUT2D eigenvalue weighted by Gasteiger charge is -2.19. The molecule has 9 heteroatoms. The number of methoxy groups -OCH3 is 1. The average Bonchev–Trinajstić information content (AvgIpc) is 2.90. The molecule has 0 fully saturated rings. The van der Waals surface area contributed by atoms with E-state index < -0.39 is 23.9 Å². The lowest BCUT2D eigenvalue weighted by Crippen LogP contribution is -2.40. The zero-order valence-electron chi connectivity index (χ0n) is 19.5. The minimum Gasteiger partial charge on any atom is -0.497 e. The number of benzene rings is 3. The largest absolute Gasteiger partial charge is 0.497 e. The SMILES string of the molecule is C=CCOC(=O)c1cccc(NC(=O)NC(C(N)=O)c2ccccc2C(=O)c2ccc(OC)cc2)c1. The second-order valence-electron chi connectivity index (χ2n) is 7.55. The number of hydrogen-bond acceptors (Lipinski definition) is 6. The number of primary amides is 1. The Balaban J connectivity index is 1.81. The highest BCUT2D eigenvalue weighted by Crippen LogP contribution is 2.23. The van der Waals surface area contributed by atoms with Gasteiger partial charge in [0.05, 0.1) is 12.7 Å². The van der Waals surface area contributed by atoms with Gasteiger partial charge in [-0.3, -0.25) is 9.59 Å². The maximum Gasteiger partial charge on any atom is 0.338 e. The molecule has 1 atom stereocenters. The summed E-state index contributed by atoms with van der Waals surface area (Å²) in [6, 6.07) is 16.9. The first-order valence-electron chi connectivity index (χ1n) is 10.9. The van der Waals surface area contributed by atoms with E-state index in [0.717, 1.165) is 0 Å². The van der Waals surface area contributed by atoms with Crippen LogP contribution in [0.1, 0.15) is 37.9 Å². The van der Waals surface area contributed by atoms with Crippen LogP contribution >= 0.6 is 0 Å². The van der Waals surface area contributed by atoms with Gasteiger partial charge >= 0.3 is 12.0 Å². The lowest BCUT2D eigenvalue weighted by atomic mass is 9.93. The van der Waals surface area contributed by atoms with E-state index in [0.29, 0.717) is 11.3 Å². The smallest absolute Gasteiger partial charge is 0.338 e. The Labute approximate surface area is 207 Å². The number of urea groups is 1. The second kappa shape index (κ2) is 12.0. The van der Waals surface area contributed by atoms with Crippen molar-refractivity contribution in [3.05, 3.63) is 108 Å². The van der Waals surface area contributed by atoms with E-state index in [1.165, 1.54) is 25.3 Å². The Kier molecular flexibility index (Phi) is 8.55. The maximum atomic E-state index is 13.2. The number of nitrogens with one attached hydrogen (secondary N) is 2. The summed E-state index contributed by atoms with van der Waals surface area (Å²) in [5.74, 6) is -1.21. The minimum atomic E-state index is -1.30. The number of esters is 1. The molecule has 3 rings (SSSR count). The number of ether oxygens (including phenoxy) is 2. The molecule has 0 heterocycles. The third kappa shape index (κ3) is 6.35. The van der Waals surface area contributed by atoms with E-state index in [9.17, 15) is 19.2 Å². The summed E-state index contributed by atoms with van der Waals surface area (Å²) in [4.78, 5) is 50.3. The number of nitrogens with two attached hydrogens (primary N) is 1. The number of hydrogen-bond donors (Lipinski definition) is 3. The highest BCUT2D eigenvalue weighted by molar-refractivity contribution is 6.11. The standard InChI is InChI=1S/C27H25N3O6/c1-3-15-36-26(33)18-7-6-8-19(16-18)29-27(34)30-23(25(28)32)21-9-4-5-10-22(21)24(31)17-11-13-20(35-2)14-12-17/h3-14,16,23H,1,15H2,2H3,(H2,28,32)(H2,29,30,34). The van der Waals surface area contributed by atoms with Crippen molar-refractivity contribution in [2.75, 3.05) is 19.0 Å². The van der Waals surface area contributed by atoms with Crippen molar-refractivity contribution in [2.24, 2.45) is 5.73 Å². The molecular formula is C27H25N3O6. The first-order chi connectivity index (χ1) is 17.3. The lowest BCUT2D eigenvalue weighted by molar-refractivity contribution is -0.119. The van der Waals surface area contributed by atoms with Gasteiger partial charge in [-0.1, -0.05) is 43.0 Å². The number of anilines is 1. The Morgan fingerprint density at radius 1 is 0.972 bits per heavy atom. The first-order valence-corrected chi connectivity index (χ1v) is 10.9. The van der Waals surface area contributed by atoms with Gasteiger partial charge in [-0.2, -0.15) is 0 Å². The summed E-state index contributed by atoms with van der Waals surface area (Å²) in [7, 11) is 1.52. The van der Waals surface area contributed by atoms with E-state index >= 15 is 0 Å². The number of ketones is 1. The number of amides is 3. The molecule has 3 aromatic carbocycles. The quantitative estimate of drug-likeness (QED) is 0.227. The Morgan fingerprint density at radius 2 is 1.69 bits per heavy atom. The van der Waals surface area contributed by atoms with Crippen molar-refractivity contribution in [3.63, 3.8) is 0 Å². The molecular weight excluding hydrogens is 462 g/mol. The van der Waals surface area contributed by atoms with E-state index in [-0.39, 0.29) is 34.8 Å². The van der Waals surface area contributed by atoms with Gasteiger partial charge in [-0.05, 0) is 48.0 Å². The van der Waals surface area contributed by atoms with Crippen LogP contribution in [0.3, 0.4) is 0 Å². The molecule has 4 N–H and O–H groups in total. The van der Waals surface area contributed by atoms with E-state index in [1.807, 2.05) is 0 Å². The predicted octanol–water partition coefficient (Wildman–Crippen LogP) is 3.62. The summed E-state index contributed by atoms with van der Waals surface area (Å²) in [5.41, 5.74) is 6.91.